The summed E-state index contributed by atoms with van der Waals surface area (Å²) in [5.41, 5.74) is 3.72. The number of carbonyl (C=O) groups is 2. The van der Waals surface area contributed by atoms with Crippen molar-refractivity contribution in [3.05, 3.63) is 95.3 Å². The number of benzene rings is 3. The number of methoxy groups -OCH3 is 1. The first-order valence-corrected chi connectivity index (χ1v) is 12.7. The number of ether oxygens (including phenoxy) is 1. The van der Waals surface area contributed by atoms with Crippen LogP contribution in [0.4, 0.5) is 10.1 Å². The number of aryl methyl sites for hydroxylation is 1. The van der Waals surface area contributed by atoms with E-state index in [2.05, 4.69) is 10.3 Å². The first kappa shape index (κ1) is 24.7. The van der Waals surface area contributed by atoms with Crippen molar-refractivity contribution in [1.82, 2.24) is 5.01 Å². The number of anilines is 1. The van der Waals surface area contributed by atoms with E-state index in [1.807, 2.05) is 54.6 Å². The van der Waals surface area contributed by atoms with Gasteiger partial charge in [0.15, 0.2) is 5.17 Å². The number of aliphatic imine (C=N–C) groups is 1. The molecule has 0 saturated carbocycles. The molecule has 7 nitrogen and oxygen atoms in total. The standard InChI is InChI=1S/C28H25FN4O3S/c1-17-8-11-20(14-22(17)29)30-26(34)16-25-27(35)31-28(37-25)33-24(19-6-4-3-5-7-19)15-23(32-33)18-9-12-21(36-2)13-10-18/h3-14,24-25H,15-16H2,1-2H3,(H,30,34)/t24-,25+/m0/s1. The third-order valence-electron chi connectivity index (χ3n) is 6.27. The zero-order chi connectivity index (χ0) is 25.9. The molecule has 2 atom stereocenters. The first-order chi connectivity index (χ1) is 17.9. The van der Waals surface area contributed by atoms with Crippen molar-refractivity contribution in [3.63, 3.8) is 0 Å². The Kier molecular flexibility index (Phi) is 7.05. The van der Waals surface area contributed by atoms with E-state index in [4.69, 9.17) is 9.84 Å². The molecule has 0 unspecified atom stereocenters. The second-order valence-electron chi connectivity index (χ2n) is 8.81. The van der Waals surface area contributed by atoms with Gasteiger partial charge in [-0.25, -0.2) is 9.40 Å². The highest BCUT2D eigenvalue weighted by Gasteiger charge is 2.39. The molecule has 3 aromatic carbocycles. The molecule has 5 rings (SSSR count). The van der Waals surface area contributed by atoms with Crippen LogP contribution in [0.2, 0.25) is 0 Å². The number of hydrogen-bond donors (Lipinski definition) is 1. The maximum absolute atomic E-state index is 13.8. The summed E-state index contributed by atoms with van der Waals surface area (Å²) < 4.78 is 19.1. The third kappa shape index (κ3) is 5.41. The second kappa shape index (κ2) is 10.6. The Hall–Kier alpha value is -3.98. The van der Waals surface area contributed by atoms with Crippen LogP contribution >= 0.6 is 11.8 Å². The predicted octanol–water partition coefficient (Wildman–Crippen LogP) is 5.32. The Morgan fingerprint density at radius 2 is 1.89 bits per heavy atom. The fourth-order valence-corrected chi connectivity index (χ4v) is 5.30. The molecule has 0 radical (unpaired) electrons. The minimum atomic E-state index is -0.679. The molecule has 0 saturated heterocycles. The largest absolute Gasteiger partial charge is 0.497 e. The van der Waals surface area contributed by atoms with E-state index >= 15 is 0 Å². The molecule has 0 aliphatic carbocycles. The number of amides is 2. The van der Waals surface area contributed by atoms with Gasteiger partial charge in [-0.2, -0.15) is 10.1 Å². The van der Waals surface area contributed by atoms with Crippen molar-refractivity contribution in [1.29, 1.82) is 0 Å². The lowest BCUT2D eigenvalue weighted by Crippen LogP contribution is -2.25. The van der Waals surface area contributed by atoms with Crippen molar-refractivity contribution >= 4 is 40.1 Å². The molecule has 1 N–H and O–H groups in total. The smallest absolute Gasteiger partial charge is 0.262 e. The molecule has 2 aliphatic heterocycles. The fraction of sp³-hybridized carbons (Fsp3) is 0.214. The number of rotatable bonds is 6. The quantitative estimate of drug-likeness (QED) is 0.480. The highest BCUT2D eigenvalue weighted by atomic mass is 32.2. The predicted molar refractivity (Wildman–Crippen MR) is 143 cm³/mol. The number of nitrogens with zero attached hydrogens (tertiary/aromatic N) is 3. The molecule has 0 spiro atoms. The lowest BCUT2D eigenvalue weighted by molar-refractivity contribution is -0.121. The molecule has 2 amide bonds. The van der Waals surface area contributed by atoms with Gasteiger partial charge in [-0.1, -0.05) is 48.2 Å². The average Bonchev–Trinajstić information content (AvgIpc) is 3.51. The monoisotopic (exact) mass is 516 g/mol. The first-order valence-electron chi connectivity index (χ1n) is 11.8. The summed E-state index contributed by atoms with van der Waals surface area (Å²) in [5.74, 6) is -0.407. The van der Waals surface area contributed by atoms with Crippen LogP contribution in [0.5, 0.6) is 5.75 Å². The lowest BCUT2D eigenvalue weighted by Gasteiger charge is -2.23. The van der Waals surface area contributed by atoms with Crippen LogP contribution in [0.3, 0.4) is 0 Å². The molecule has 188 valence electrons. The zero-order valence-corrected chi connectivity index (χ0v) is 21.2. The number of amidine groups is 1. The van der Waals surface area contributed by atoms with E-state index in [9.17, 15) is 14.0 Å². The number of hydrazone groups is 1. The number of halogens is 1. The van der Waals surface area contributed by atoms with Crippen LogP contribution in [0.1, 0.15) is 35.6 Å². The van der Waals surface area contributed by atoms with Gasteiger partial charge in [0.1, 0.15) is 16.8 Å². The molecule has 9 heteroatoms. The molecule has 0 fully saturated rings. The van der Waals surface area contributed by atoms with E-state index in [0.29, 0.717) is 22.8 Å². The van der Waals surface area contributed by atoms with Crippen LogP contribution in [0, 0.1) is 12.7 Å². The van der Waals surface area contributed by atoms with Gasteiger partial charge in [-0.05, 0) is 60.0 Å². The van der Waals surface area contributed by atoms with Gasteiger partial charge in [-0.3, -0.25) is 9.59 Å². The molecule has 2 heterocycles. The van der Waals surface area contributed by atoms with Gasteiger partial charge >= 0.3 is 0 Å². The summed E-state index contributed by atoms with van der Waals surface area (Å²) in [6, 6.07) is 22.0. The molecule has 0 aromatic heterocycles. The lowest BCUT2D eigenvalue weighted by atomic mass is 9.98. The van der Waals surface area contributed by atoms with E-state index in [1.54, 1.807) is 31.2 Å². The van der Waals surface area contributed by atoms with E-state index in [0.717, 1.165) is 22.6 Å². The van der Waals surface area contributed by atoms with Crippen LogP contribution in [-0.4, -0.2) is 40.1 Å². The normalized spacial score (nSPS) is 19.0. The van der Waals surface area contributed by atoms with Crippen LogP contribution < -0.4 is 10.1 Å². The van der Waals surface area contributed by atoms with Gasteiger partial charge < -0.3 is 10.1 Å². The number of hydrogen-bond acceptors (Lipinski definition) is 6. The molecule has 2 aliphatic rings. The maximum atomic E-state index is 13.8. The molecular weight excluding hydrogens is 491 g/mol. The average molecular weight is 517 g/mol. The zero-order valence-electron chi connectivity index (χ0n) is 20.3. The number of carbonyl (C=O) groups excluding carboxylic acids is 2. The topological polar surface area (TPSA) is 83.4 Å². The minimum absolute atomic E-state index is 0.0785. The molecule has 37 heavy (non-hydrogen) atoms. The fourth-order valence-electron chi connectivity index (χ4n) is 4.23. The SMILES string of the molecule is COc1ccc(C2=NN(C3=NC(=O)[C@@H](CC(=O)Nc4ccc(C)c(F)c4)S3)[C@H](c3ccccc3)C2)cc1. The summed E-state index contributed by atoms with van der Waals surface area (Å²) in [4.78, 5) is 29.6. The highest BCUT2D eigenvalue weighted by Crippen LogP contribution is 2.38. The van der Waals surface area contributed by atoms with Gasteiger partial charge in [0.05, 0.1) is 18.9 Å². The third-order valence-corrected chi connectivity index (χ3v) is 7.41. The van der Waals surface area contributed by atoms with Gasteiger partial charge in [-0.15, -0.1) is 0 Å². The Bertz CT molecular complexity index is 1390. The number of nitrogens with one attached hydrogen (secondary N) is 1. The second-order valence-corrected chi connectivity index (χ2v) is 9.98. The van der Waals surface area contributed by atoms with Crippen molar-refractivity contribution in [2.75, 3.05) is 12.4 Å². The van der Waals surface area contributed by atoms with E-state index in [-0.39, 0.29) is 24.3 Å². The van der Waals surface area contributed by atoms with Gasteiger partial charge in [0.25, 0.3) is 5.91 Å². The summed E-state index contributed by atoms with van der Waals surface area (Å²) >= 11 is 1.23. The summed E-state index contributed by atoms with van der Waals surface area (Å²) in [7, 11) is 1.62. The molecule has 0 bridgehead atoms. The van der Waals surface area contributed by atoms with E-state index < -0.39 is 11.1 Å². The van der Waals surface area contributed by atoms with Crippen molar-refractivity contribution < 1.29 is 18.7 Å². The Labute approximate surface area is 218 Å². The van der Waals surface area contributed by atoms with Crippen LogP contribution in [0.15, 0.2) is 82.9 Å². The highest BCUT2D eigenvalue weighted by molar-refractivity contribution is 8.15. The minimum Gasteiger partial charge on any atom is -0.497 e. The van der Waals surface area contributed by atoms with Gasteiger partial charge in [0, 0.05) is 18.5 Å². The number of thioether (sulfide) groups is 1. The summed E-state index contributed by atoms with van der Waals surface area (Å²) in [6.07, 6.45) is 0.555. The van der Waals surface area contributed by atoms with Crippen molar-refractivity contribution in [2.45, 2.75) is 31.1 Å². The summed E-state index contributed by atoms with van der Waals surface area (Å²) in [6.45, 7) is 1.65. The summed E-state index contributed by atoms with van der Waals surface area (Å²) in [5, 5.41) is 9.08. The Morgan fingerprint density at radius 1 is 1.14 bits per heavy atom. The van der Waals surface area contributed by atoms with Gasteiger partial charge in [0.2, 0.25) is 5.91 Å². The Morgan fingerprint density at radius 3 is 2.59 bits per heavy atom. The van der Waals surface area contributed by atoms with Crippen LogP contribution in [-0.2, 0) is 9.59 Å². The van der Waals surface area contributed by atoms with Crippen LogP contribution in [0.25, 0.3) is 0 Å². The maximum Gasteiger partial charge on any atom is 0.262 e. The van der Waals surface area contributed by atoms with E-state index in [1.165, 1.54) is 17.8 Å². The van der Waals surface area contributed by atoms with Crippen molar-refractivity contribution in [3.8, 4) is 5.75 Å². The Balaban J connectivity index is 1.33. The molecule has 3 aromatic rings. The molecular formula is C28H25FN4O3S. The van der Waals surface area contributed by atoms with Crippen molar-refractivity contribution in [2.24, 2.45) is 10.1 Å².